The van der Waals surface area contributed by atoms with Gasteiger partial charge < -0.3 is 9.84 Å². The van der Waals surface area contributed by atoms with Gasteiger partial charge in [-0.05, 0) is 61.7 Å². The van der Waals surface area contributed by atoms with Crippen molar-refractivity contribution in [2.45, 2.75) is 35.9 Å². The predicted molar refractivity (Wildman–Crippen MR) is 101 cm³/mol. The van der Waals surface area contributed by atoms with Gasteiger partial charge in [0.05, 0.1) is 16.1 Å². The molecule has 0 aromatic heterocycles. The summed E-state index contributed by atoms with van der Waals surface area (Å²) >= 11 is 0. The van der Waals surface area contributed by atoms with Crippen molar-refractivity contribution in [3.8, 4) is 5.75 Å². The van der Waals surface area contributed by atoms with E-state index in [0.29, 0.717) is 18.2 Å². The lowest BCUT2D eigenvalue weighted by Crippen LogP contribution is -2.38. The van der Waals surface area contributed by atoms with Crippen LogP contribution in [0.4, 0.5) is 17.6 Å². The third-order valence-corrected chi connectivity index (χ3v) is 6.89. The van der Waals surface area contributed by atoms with Crippen LogP contribution in [0.5, 0.6) is 5.75 Å². The molecular formula is C20H21F4NO4S. The molecule has 1 heterocycles. The number of hydrogen-bond donors (Lipinski definition) is 1. The number of nitrogens with zero attached hydrogens (tertiary/aromatic N) is 1. The van der Waals surface area contributed by atoms with E-state index in [0.717, 1.165) is 22.5 Å². The number of aliphatic hydroxyl groups is 1. The molecule has 0 saturated carbocycles. The Morgan fingerprint density at radius 3 is 2.43 bits per heavy atom. The largest absolute Gasteiger partial charge is 0.491 e. The molecule has 0 amide bonds. The van der Waals surface area contributed by atoms with Gasteiger partial charge >= 0.3 is 6.18 Å². The van der Waals surface area contributed by atoms with E-state index in [1.165, 1.54) is 24.3 Å². The van der Waals surface area contributed by atoms with Crippen LogP contribution in [-0.2, 0) is 16.2 Å². The minimum atomic E-state index is -4.65. The lowest BCUT2D eigenvalue weighted by molar-refractivity contribution is -0.137. The van der Waals surface area contributed by atoms with Crippen LogP contribution in [0.25, 0.3) is 0 Å². The van der Waals surface area contributed by atoms with Crippen LogP contribution in [0.15, 0.2) is 53.4 Å². The number of rotatable bonds is 5. The number of halogens is 4. The minimum absolute atomic E-state index is 0.0480. The Morgan fingerprint density at radius 2 is 1.77 bits per heavy atom. The Labute approximate surface area is 171 Å². The molecule has 30 heavy (non-hydrogen) atoms. The Kier molecular flexibility index (Phi) is 6.40. The summed E-state index contributed by atoms with van der Waals surface area (Å²) in [6.07, 6.45) is -4.04. The molecule has 2 aromatic carbocycles. The maximum atomic E-state index is 13.0. The summed E-state index contributed by atoms with van der Waals surface area (Å²) in [6.45, 7) is -0.116. The van der Waals surface area contributed by atoms with Crippen LogP contribution < -0.4 is 4.74 Å². The molecule has 164 valence electrons. The molecular weight excluding hydrogens is 426 g/mol. The van der Waals surface area contributed by atoms with Gasteiger partial charge in [-0.2, -0.15) is 17.5 Å². The van der Waals surface area contributed by atoms with Crippen LogP contribution in [0, 0.1) is 5.82 Å². The van der Waals surface area contributed by atoms with Crippen LogP contribution in [-0.4, -0.2) is 43.1 Å². The zero-order valence-corrected chi connectivity index (χ0v) is 16.7. The number of hydrogen-bond acceptors (Lipinski definition) is 4. The first-order chi connectivity index (χ1) is 14.0. The normalized spacial score (nSPS) is 21.2. The fraction of sp³-hybridized carbons (Fsp3) is 0.400. The Morgan fingerprint density at radius 1 is 1.07 bits per heavy atom. The van der Waals surface area contributed by atoms with Gasteiger partial charge in [0.1, 0.15) is 18.2 Å². The lowest BCUT2D eigenvalue weighted by Gasteiger charge is -2.27. The maximum Gasteiger partial charge on any atom is 0.416 e. The van der Waals surface area contributed by atoms with Gasteiger partial charge in [-0.3, -0.25) is 0 Å². The van der Waals surface area contributed by atoms with Gasteiger partial charge in [0.2, 0.25) is 10.0 Å². The van der Waals surface area contributed by atoms with Crippen molar-refractivity contribution in [2.24, 2.45) is 0 Å². The smallest absolute Gasteiger partial charge is 0.416 e. The quantitative estimate of drug-likeness (QED) is 0.708. The molecule has 5 nitrogen and oxygen atoms in total. The molecule has 1 N–H and O–H groups in total. The first-order valence-electron chi connectivity index (χ1n) is 9.28. The third-order valence-electron chi connectivity index (χ3n) is 5.00. The average molecular weight is 447 g/mol. The van der Waals surface area contributed by atoms with Gasteiger partial charge in [0, 0.05) is 13.1 Å². The van der Waals surface area contributed by atoms with Crippen LogP contribution in [0.1, 0.15) is 24.8 Å². The molecule has 0 radical (unpaired) electrons. The lowest BCUT2D eigenvalue weighted by atomic mass is 9.96. The van der Waals surface area contributed by atoms with Crippen molar-refractivity contribution in [1.82, 2.24) is 4.31 Å². The van der Waals surface area contributed by atoms with E-state index in [9.17, 15) is 31.1 Å². The second kappa shape index (κ2) is 8.52. The topological polar surface area (TPSA) is 66.8 Å². The molecule has 1 atom stereocenters. The van der Waals surface area contributed by atoms with Crippen molar-refractivity contribution < 1.29 is 35.8 Å². The van der Waals surface area contributed by atoms with E-state index in [1.807, 2.05) is 0 Å². The average Bonchev–Trinajstić information content (AvgIpc) is 2.90. The van der Waals surface area contributed by atoms with Crippen LogP contribution >= 0.6 is 0 Å². The second-order valence-electron chi connectivity index (χ2n) is 7.25. The van der Waals surface area contributed by atoms with E-state index >= 15 is 0 Å². The highest BCUT2D eigenvalue weighted by Gasteiger charge is 2.36. The summed E-state index contributed by atoms with van der Waals surface area (Å²) in [7, 11) is -4.15. The maximum absolute atomic E-state index is 13.0. The summed E-state index contributed by atoms with van der Waals surface area (Å²) in [6, 6.07) is 8.88. The second-order valence-corrected chi connectivity index (χ2v) is 9.19. The molecule has 0 bridgehead atoms. The number of sulfonamides is 1. The molecule has 10 heteroatoms. The van der Waals surface area contributed by atoms with Crippen molar-refractivity contribution in [2.75, 3.05) is 19.7 Å². The molecule has 1 fully saturated rings. The van der Waals surface area contributed by atoms with Gasteiger partial charge in [0.25, 0.3) is 0 Å². The molecule has 1 aliphatic rings. The van der Waals surface area contributed by atoms with Gasteiger partial charge in [-0.1, -0.05) is 6.07 Å². The first-order valence-corrected chi connectivity index (χ1v) is 10.7. The summed E-state index contributed by atoms with van der Waals surface area (Å²) in [4.78, 5) is -0.440. The minimum Gasteiger partial charge on any atom is -0.491 e. The zero-order valence-electron chi connectivity index (χ0n) is 15.9. The van der Waals surface area contributed by atoms with Crippen molar-refractivity contribution in [3.63, 3.8) is 0 Å². The summed E-state index contributed by atoms with van der Waals surface area (Å²) in [5.74, 6) is -0.0616. The number of ether oxygens (including phenoxy) is 1. The van der Waals surface area contributed by atoms with Crippen molar-refractivity contribution in [3.05, 3.63) is 59.9 Å². The Balaban J connectivity index is 1.70. The predicted octanol–water partition coefficient (Wildman–Crippen LogP) is 3.83. The summed E-state index contributed by atoms with van der Waals surface area (Å²) in [5.41, 5.74) is -2.35. The fourth-order valence-corrected chi connectivity index (χ4v) is 4.79. The first kappa shape index (κ1) is 22.5. The van der Waals surface area contributed by atoms with Crippen LogP contribution in [0.2, 0.25) is 0 Å². The summed E-state index contributed by atoms with van der Waals surface area (Å²) < 4.78 is 84.1. The monoisotopic (exact) mass is 447 g/mol. The SMILES string of the molecule is O=S(=O)(c1cccc(C(F)(F)F)c1)N1CCCC(O)(COc2ccc(F)cc2)CC1. The van der Waals surface area contributed by atoms with Crippen molar-refractivity contribution >= 4 is 10.0 Å². The van der Waals surface area contributed by atoms with E-state index < -0.39 is 38.1 Å². The molecule has 2 aromatic rings. The van der Waals surface area contributed by atoms with Crippen LogP contribution in [0.3, 0.4) is 0 Å². The molecule has 1 saturated heterocycles. The van der Waals surface area contributed by atoms with E-state index in [2.05, 4.69) is 0 Å². The highest BCUT2D eigenvalue weighted by atomic mass is 32.2. The summed E-state index contributed by atoms with van der Waals surface area (Å²) in [5, 5.41) is 10.8. The van der Waals surface area contributed by atoms with E-state index in [4.69, 9.17) is 4.74 Å². The van der Waals surface area contributed by atoms with E-state index in [-0.39, 0.29) is 32.5 Å². The Hall–Kier alpha value is -2.17. The highest BCUT2D eigenvalue weighted by Crippen LogP contribution is 2.32. The zero-order chi connectivity index (χ0) is 22.0. The Bertz CT molecular complexity index is 979. The number of alkyl halides is 3. The molecule has 1 aliphatic heterocycles. The molecule has 0 spiro atoms. The van der Waals surface area contributed by atoms with Gasteiger partial charge in [-0.25, -0.2) is 12.8 Å². The molecule has 1 unspecified atom stereocenters. The fourth-order valence-electron chi connectivity index (χ4n) is 3.27. The highest BCUT2D eigenvalue weighted by molar-refractivity contribution is 7.89. The number of benzene rings is 2. The third kappa shape index (κ3) is 5.30. The molecule has 0 aliphatic carbocycles. The van der Waals surface area contributed by atoms with Gasteiger partial charge in [0.15, 0.2) is 0 Å². The van der Waals surface area contributed by atoms with Gasteiger partial charge in [-0.15, -0.1) is 0 Å². The molecule has 3 rings (SSSR count). The standard InChI is InChI=1S/C20H21F4NO4S/c21-16-5-7-17(8-6-16)29-14-19(26)9-2-11-25(12-10-19)30(27,28)18-4-1-3-15(13-18)20(22,23)24/h1,3-8,13,26H,2,9-12,14H2. The van der Waals surface area contributed by atoms with Crippen molar-refractivity contribution in [1.29, 1.82) is 0 Å². The van der Waals surface area contributed by atoms with E-state index in [1.54, 1.807) is 0 Å².